The van der Waals surface area contributed by atoms with Crippen LogP contribution in [0.25, 0.3) is 0 Å². The number of hydrogen-bond donors (Lipinski definition) is 1. The van der Waals surface area contributed by atoms with Crippen LogP contribution in [0.5, 0.6) is 0 Å². The minimum Gasteiger partial charge on any atom is -0.366 e. The van der Waals surface area contributed by atoms with E-state index >= 15 is 0 Å². The molecule has 4 nitrogen and oxygen atoms in total. The Morgan fingerprint density at radius 1 is 1.42 bits per heavy atom. The monoisotopic (exact) mass is 264 g/mol. The van der Waals surface area contributed by atoms with Crippen molar-refractivity contribution in [3.05, 3.63) is 11.9 Å². The van der Waals surface area contributed by atoms with E-state index in [1.165, 1.54) is 30.6 Å². The Labute approximate surface area is 117 Å². The number of piperidine rings is 1. The first kappa shape index (κ1) is 14.4. The zero-order chi connectivity index (χ0) is 13.8. The topological polar surface area (TPSA) is 33.1 Å². The first-order chi connectivity index (χ1) is 9.15. The van der Waals surface area contributed by atoms with Crippen LogP contribution in [0.15, 0.2) is 6.20 Å². The van der Waals surface area contributed by atoms with Gasteiger partial charge in [-0.1, -0.05) is 13.8 Å². The molecule has 1 fully saturated rings. The maximum absolute atomic E-state index is 4.57. The fraction of sp³-hybridized carbons (Fsp3) is 0.800. The van der Waals surface area contributed by atoms with Crippen molar-refractivity contribution in [1.29, 1.82) is 0 Å². The van der Waals surface area contributed by atoms with Crippen LogP contribution in [0.4, 0.5) is 5.69 Å². The minimum atomic E-state index is 0.595. The molecule has 108 valence electrons. The highest BCUT2D eigenvalue weighted by molar-refractivity contribution is 5.50. The molecule has 4 heteroatoms. The van der Waals surface area contributed by atoms with Crippen LogP contribution in [0.2, 0.25) is 0 Å². The highest BCUT2D eigenvalue weighted by Crippen LogP contribution is 2.27. The van der Waals surface area contributed by atoms with E-state index in [9.17, 15) is 0 Å². The maximum Gasteiger partial charge on any atom is 0.0855 e. The Morgan fingerprint density at radius 3 is 2.84 bits per heavy atom. The van der Waals surface area contributed by atoms with Gasteiger partial charge in [-0.2, -0.15) is 5.10 Å². The normalized spacial score (nSPS) is 23.9. The van der Waals surface area contributed by atoms with E-state index in [4.69, 9.17) is 0 Å². The Balaban J connectivity index is 2.02. The summed E-state index contributed by atoms with van der Waals surface area (Å²) >= 11 is 0. The lowest BCUT2D eigenvalue weighted by Crippen LogP contribution is -2.47. The molecule has 2 rings (SSSR count). The van der Waals surface area contributed by atoms with E-state index < -0.39 is 0 Å². The van der Waals surface area contributed by atoms with Crippen LogP contribution in [0, 0.1) is 0 Å². The summed E-state index contributed by atoms with van der Waals surface area (Å²) in [6.45, 7) is 9.04. The molecule has 1 N–H and O–H groups in total. The number of anilines is 1. The van der Waals surface area contributed by atoms with E-state index in [0.29, 0.717) is 12.1 Å². The predicted octanol–water partition coefficient (Wildman–Crippen LogP) is 2.34. The third-order valence-electron chi connectivity index (χ3n) is 4.09. The van der Waals surface area contributed by atoms with E-state index in [1.807, 2.05) is 11.7 Å². The third-order valence-corrected chi connectivity index (χ3v) is 4.09. The molecule has 0 bridgehead atoms. The van der Waals surface area contributed by atoms with Gasteiger partial charge in [0.1, 0.15) is 0 Å². The van der Waals surface area contributed by atoms with Gasteiger partial charge < -0.3 is 10.2 Å². The van der Waals surface area contributed by atoms with Gasteiger partial charge >= 0.3 is 0 Å². The van der Waals surface area contributed by atoms with E-state index in [2.05, 4.69) is 42.3 Å². The molecule has 1 saturated heterocycles. The van der Waals surface area contributed by atoms with Crippen molar-refractivity contribution in [1.82, 2.24) is 15.1 Å². The molecule has 2 atom stereocenters. The predicted molar refractivity (Wildman–Crippen MR) is 80.7 cm³/mol. The number of aryl methyl sites for hydroxylation is 2. The second-order valence-corrected chi connectivity index (χ2v) is 5.71. The molecule has 1 aromatic heterocycles. The summed E-state index contributed by atoms with van der Waals surface area (Å²) in [6, 6.07) is 1.28. The van der Waals surface area contributed by atoms with Crippen LogP contribution in [-0.2, 0) is 13.5 Å². The molecule has 0 radical (unpaired) electrons. The Bertz CT molecular complexity index is 399. The Kier molecular flexibility index (Phi) is 4.86. The van der Waals surface area contributed by atoms with Crippen molar-refractivity contribution in [2.24, 2.45) is 7.05 Å². The van der Waals surface area contributed by atoms with Crippen LogP contribution in [0.3, 0.4) is 0 Å². The van der Waals surface area contributed by atoms with Crippen LogP contribution < -0.4 is 10.2 Å². The first-order valence-electron chi connectivity index (χ1n) is 7.68. The summed E-state index contributed by atoms with van der Waals surface area (Å²) in [7, 11) is 2.02. The lowest BCUT2D eigenvalue weighted by molar-refractivity contribution is 0.368. The van der Waals surface area contributed by atoms with Crippen LogP contribution in [-0.4, -0.2) is 35.0 Å². The van der Waals surface area contributed by atoms with Crippen molar-refractivity contribution in [3.63, 3.8) is 0 Å². The first-order valence-corrected chi connectivity index (χ1v) is 7.68. The average molecular weight is 264 g/mol. The molecule has 0 aromatic carbocycles. The van der Waals surface area contributed by atoms with Crippen molar-refractivity contribution < 1.29 is 0 Å². The van der Waals surface area contributed by atoms with Gasteiger partial charge in [0, 0.05) is 31.9 Å². The summed E-state index contributed by atoms with van der Waals surface area (Å²) in [6.07, 6.45) is 6.88. The molecular formula is C15H28N4. The van der Waals surface area contributed by atoms with Gasteiger partial charge in [0.2, 0.25) is 0 Å². The fourth-order valence-corrected chi connectivity index (χ4v) is 3.08. The Hall–Kier alpha value is -1.03. The van der Waals surface area contributed by atoms with Gasteiger partial charge in [-0.05, 0) is 39.2 Å². The standard InChI is InChI=1S/C15H28N4/c1-5-8-16-13-7-9-19(12(3)10-13)15-11-18(4)17-14(15)6-2/h11-13,16H,5-10H2,1-4H3. The SMILES string of the molecule is CCCNC1CCN(c2cn(C)nc2CC)C(C)C1. The van der Waals surface area contributed by atoms with Crippen molar-refractivity contribution in [3.8, 4) is 0 Å². The van der Waals surface area contributed by atoms with Crippen LogP contribution in [0.1, 0.15) is 45.7 Å². The molecule has 2 unspecified atom stereocenters. The molecule has 0 spiro atoms. The highest BCUT2D eigenvalue weighted by Gasteiger charge is 2.27. The molecule has 1 aromatic rings. The summed E-state index contributed by atoms with van der Waals surface area (Å²) < 4.78 is 1.95. The molecule has 19 heavy (non-hydrogen) atoms. The second-order valence-electron chi connectivity index (χ2n) is 5.71. The lowest BCUT2D eigenvalue weighted by atomic mass is 9.97. The van der Waals surface area contributed by atoms with Gasteiger partial charge in [-0.15, -0.1) is 0 Å². The molecule has 0 amide bonds. The molecular weight excluding hydrogens is 236 g/mol. The largest absolute Gasteiger partial charge is 0.366 e. The smallest absolute Gasteiger partial charge is 0.0855 e. The third kappa shape index (κ3) is 3.30. The molecule has 1 aliphatic heterocycles. The highest BCUT2D eigenvalue weighted by atomic mass is 15.3. The van der Waals surface area contributed by atoms with Crippen molar-refractivity contribution in [2.45, 2.75) is 58.5 Å². The molecule has 0 aliphatic carbocycles. The minimum absolute atomic E-state index is 0.595. The van der Waals surface area contributed by atoms with Gasteiger partial charge in [-0.25, -0.2) is 0 Å². The fourth-order valence-electron chi connectivity index (χ4n) is 3.08. The Morgan fingerprint density at radius 2 is 2.21 bits per heavy atom. The van der Waals surface area contributed by atoms with Crippen LogP contribution >= 0.6 is 0 Å². The number of hydrogen-bond acceptors (Lipinski definition) is 3. The molecule has 1 aliphatic rings. The number of nitrogens with one attached hydrogen (secondary N) is 1. The summed E-state index contributed by atoms with van der Waals surface area (Å²) in [5.74, 6) is 0. The molecule has 2 heterocycles. The number of aromatic nitrogens is 2. The average Bonchev–Trinajstić information content (AvgIpc) is 2.77. The van der Waals surface area contributed by atoms with E-state index in [0.717, 1.165) is 19.5 Å². The molecule has 0 saturated carbocycles. The summed E-state index contributed by atoms with van der Waals surface area (Å²) in [4.78, 5) is 2.54. The van der Waals surface area contributed by atoms with Gasteiger partial charge in [0.05, 0.1) is 11.4 Å². The number of rotatable bonds is 5. The summed E-state index contributed by atoms with van der Waals surface area (Å²) in [5.41, 5.74) is 2.57. The van der Waals surface area contributed by atoms with Crippen molar-refractivity contribution in [2.75, 3.05) is 18.0 Å². The lowest BCUT2D eigenvalue weighted by Gasteiger charge is -2.39. The van der Waals surface area contributed by atoms with E-state index in [1.54, 1.807) is 0 Å². The zero-order valence-electron chi connectivity index (χ0n) is 12.8. The summed E-state index contributed by atoms with van der Waals surface area (Å²) in [5, 5.41) is 8.23. The zero-order valence-corrected chi connectivity index (χ0v) is 12.8. The van der Waals surface area contributed by atoms with Gasteiger partial charge in [0.25, 0.3) is 0 Å². The van der Waals surface area contributed by atoms with Crippen molar-refractivity contribution >= 4 is 5.69 Å². The quantitative estimate of drug-likeness (QED) is 0.886. The number of nitrogens with zero attached hydrogens (tertiary/aromatic N) is 3. The van der Waals surface area contributed by atoms with E-state index in [-0.39, 0.29) is 0 Å². The van der Waals surface area contributed by atoms with Gasteiger partial charge in [0.15, 0.2) is 0 Å². The maximum atomic E-state index is 4.57. The second kappa shape index (κ2) is 6.42. The van der Waals surface area contributed by atoms with Gasteiger partial charge in [-0.3, -0.25) is 4.68 Å².